The minimum atomic E-state index is -1.13. The molecule has 0 bridgehead atoms. The number of carboxylic acids is 1. The molecule has 23 heavy (non-hydrogen) atoms. The summed E-state index contributed by atoms with van der Waals surface area (Å²) in [5.74, 6) is -1.59. The van der Waals surface area contributed by atoms with Crippen molar-refractivity contribution in [1.82, 2.24) is 4.98 Å². The third-order valence-corrected chi connectivity index (χ3v) is 3.49. The summed E-state index contributed by atoms with van der Waals surface area (Å²) in [5, 5.41) is 12.8. The Hall–Kier alpha value is -3.21. The van der Waals surface area contributed by atoms with E-state index in [1.807, 2.05) is 31.2 Å². The van der Waals surface area contributed by atoms with E-state index >= 15 is 0 Å². The number of benzene rings is 2. The Morgan fingerprint density at radius 2 is 1.74 bits per heavy atom. The molecule has 1 amide bonds. The molecule has 0 spiro atoms. The molecule has 0 saturated carbocycles. The van der Waals surface area contributed by atoms with Crippen molar-refractivity contribution in [1.29, 1.82) is 0 Å². The molecule has 0 unspecified atom stereocenters. The first kappa shape index (κ1) is 14.7. The second-order valence-corrected chi connectivity index (χ2v) is 5.16. The fraction of sp³-hybridized carbons (Fsp3) is 0.0556. The molecule has 5 heteroatoms. The van der Waals surface area contributed by atoms with Crippen molar-refractivity contribution in [3.63, 3.8) is 0 Å². The molecule has 0 fully saturated rings. The second kappa shape index (κ2) is 5.88. The number of anilines is 1. The lowest BCUT2D eigenvalue weighted by Gasteiger charge is -2.08. The van der Waals surface area contributed by atoms with Crippen molar-refractivity contribution in [2.24, 2.45) is 0 Å². The van der Waals surface area contributed by atoms with E-state index in [2.05, 4.69) is 10.3 Å². The summed E-state index contributed by atoms with van der Waals surface area (Å²) in [4.78, 5) is 27.9. The smallest absolute Gasteiger partial charge is 0.336 e. The Kier molecular flexibility index (Phi) is 3.76. The van der Waals surface area contributed by atoms with Gasteiger partial charge in [-0.1, -0.05) is 18.2 Å². The average Bonchev–Trinajstić information content (AvgIpc) is 2.55. The molecule has 5 nitrogen and oxygen atoms in total. The standard InChI is InChI=1S/C18H14N2O3/c1-11-6-7-12-10-13(8-9-16(12)19-11)20-17(21)14-4-2-3-5-15(14)18(22)23/h2-10H,1H3,(H,20,21)(H,22,23). The van der Waals surface area contributed by atoms with Gasteiger partial charge < -0.3 is 10.4 Å². The van der Waals surface area contributed by atoms with Crippen molar-refractivity contribution in [3.05, 3.63) is 71.4 Å². The monoisotopic (exact) mass is 306 g/mol. The van der Waals surface area contributed by atoms with Crippen LogP contribution >= 0.6 is 0 Å². The van der Waals surface area contributed by atoms with Crippen LogP contribution in [0.1, 0.15) is 26.4 Å². The van der Waals surface area contributed by atoms with Gasteiger partial charge in [0.1, 0.15) is 0 Å². The first-order valence-electron chi connectivity index (χ1n) is 7.06. The van der Waals surface area contributed by atoms with E-state index in [9.17, 15) is 9.59 Å². The van der Waals surface area contributed by atoms with Gasteiger partial charge in [0.15, 0.2) is 0 Å². The number of hydrogen-bond acceptors (Lipinski definition) is 3. The molecule has 0 aliphatic carbocycles. The maximum absolute atomic E-state index is 12.3. The van der Waals surface area contributed by atoms with Crippen molar-refractivity contribution in [2.45, 2.75) is 6.92 Å². The van der Waals surface area contributed by atoms with Crippen LogP contribution in [0.3, 0.4) is 0 Å². The molecular weight excluding hydrogens is 292 g/mol. The van der Waals surface area contributed by atoms with Gasteiger partial charge in [-0.3, -0.25) is 9.78 Å². The second-order valence-electron chi connectivity index (χ2n) is 5.16. The first-order valence-corrected chi connectivity index (χ1v) is 7.06. The van der Waals surface area contributed by atoms with Crippen LogP contribution in [-0.4, -0.2) is 22.0 Å². The molecule has 0 saturated heterocycles. The van der Waals surface area contributed by atoms with E-state index in [0.717, 1.165) is 16.6 Å². The Bertz CT molecular complexity index is 919. The van der Waals surface area contributed by atoms with Crippen LogP contribution in [0, 0.1) is 6.92 Å². The highest BCUT2D eigenvalue weighted by Crippen LogP contribution is 2.19. The number of fused-ring (bicyclic) bond motifs is 1. The SMILES string of the molecule is Cc1ccc2cc(NC(=O)c3ccccc3C(=O)O)ccc2n1. The zero-order chi connectivity index (χ0) is 16.4. The highest BCUT2D eigenvalue weighted by atomic mass is 16.4. The summed E-state index contributed by atoms with van der Waals surface area (Å²) in [7, 11) is 0. The maximum Gasteiger partial charge on any atom is 0.336 e. The van der Waals surface area contributed by atoms with Gasteiger partial charge in [0.05, 0.1) is 16.6 Å². The molecule has 1 heterocycles. The zero-order valence-electron chi connectivity index (χ0n) is 12.4. The van der Waals surface area contributed by atoms with Gasteiger partial charge >= 0.3 is 5.97 Å². The summed E-state index contributed by atoms with van der Waals surface area (Å²) in [6, 6.07) is 15.3. The molecule has 0 aliphatic heterocycles. The number of nitrogens with one attached hydrogen (secondary N) is 1. The van der Waals surface area contributed by atoms with E-state index in [4.69, 9.17) is 5.11 Å². The fourth-order valence-corrected chi connectivity index (χ4v) is 2.37. The third-order valence-electron chi connectivity index (χ3n) is 3.49. The summed E-state index contributed by atoms with van der Waals surface area (Å²) in [5.41, 5.74) is 2.46. The molecular formula is C18H14N2O3. The van der Waals surface area contributed by atoms with Crippen molar-refractivity contribution in [3.8, 4) is 0 Å². The lowest BCUT2D eigenvalue weighted by atomic mass is 10.1. The number of carbonyl (C=O) groups is 2. The average molecular weight is 306 g/mol. The van der Waals surface area contributed by atoms with Crippen LogP contribution in [0.15, 0.2) is 54.6 Å². The summed E-state index contributed by atoms with van der Waals surface area (Å²) in [6.07, 6.45) is 0. The van der Waals surface area contributed by atoms with E-state index < -0.39 is 11.9 Å². The van der Waals surface area contributed by atoms with Crippen molar-refractivity contribution < 1.29 is 14.7 Å². The Balaban J connectivity index is 1.91. The number of rotatable bonds is 3. The fourth-order valence-electron chi connectivity index (χ4n) is 2.37. The van der Waals surface area contributed by atoms with Crippen molar-refractivity contribution >= 4 is 28.5 Å². The van der Waals surface area contributed by atoms with Gasteiger partial charge in [-0.15, -0.1) is 0 Å². The molecule has 0 atom stereocenters. The highest BCUT2D eigenvalue weighted by molar-refractivity contribution is 6.11. The maximum atomic E-state index is 12.3. The van der Waals surface area contributed by atoms with Crippen LogP contribution in [0.25, 0.3) is 10.9 Å². The molecule has 0 radical (unpaired) electrons. The number of carbonyl (C=O) groups excluding carboxylic acids is 1. The number of nitrogens with zero attached hydrogens (tertiary/aromatic N) is 1. The number of pyridine rings is 1. The Morgan fingerprint density at radius 1 is 1.00 bits per heavy atom. The van der Waals surface area contributed by atoms with E-state index in [1.165, 1.54) is 12.1 Å². The number of aromatic carboxylic acids is 1. The zero-order valence-corrected chi connectivity index (χ0v) is 12.4. The Labute approximate surface area is 132 Å². The van der Waals surface area contributed by atoms with Crippen molar-refractivity contribution in [2.75, 3.05) is 5.32 Å². The first-order chi connectivity index (χ1) is 11.0. The van der Waals surface area contributed by atoms with E-state index in [1.54, 1.807) is 18.2 Å². The molecule has 1 aromatic heterocycles. The lowest BCUT2D eigenvalue weighted by molar-refractivity contribution is 0.0692. The minimum Gasteiger partial charge on any atom is -0.478 e. The van der Waals surface area contributed by atoms with Crippen LogP contribution in [0.5, 0.6) is 0 Å². The largest absolute Gasteiger partial charge is 0.478 e. The minimum absolute atomic E-state index is 0.0249. The van der Waals surface area contributed by atoms with Gasteiger partial charge in [-0.2, -0.15) is 0 Å². The molecule has 114 valence electrons. The molecule has 3 rings (SSSR count). The number of aromatic nitrogens is 1. The van der Waals surface area contributed by atoms with Gasteiger partial charge in [0, 0.05) is 16.8 Å². The molecule has 2 aromatic carbocycles. The van der Waals surface area contributed by atoms with Gasteiger partial charge in [-0.25, -0.2) is 4.79 Å². The van der Waals surface area contributed by atoms with Crippen LogP contribution in [0.4, 0.5) is 5.69 Å². The number of carboxylic acid groups (broad SMARTS) is 1. The Morgan fingerprint density at radius 3 is 2.48 bits per heavy atom. The predicted molar refractivity (Wildman–Crippen MR) is 87.8 cm³/mol. The number of amides is 1. The quantitative estimate of drug-likeness (QED) is 0.776. The van der Waals surface area contributed by atoms with Gasteiger partial charge in [0.2, 0.25) is 0 Å². The third kappa shape index (κ3) is 3.03. The van der Waals surface area contributed by atoms with Gasteiger partial charge in [0.25, 0.3) is 5.91 Å². The molecule has 2 N–H and O–H groups in total. The predicted octanol–water partition coefficient (Wildman–Crippen LogP) is 3.49. The number of hydrogen-bond donors (Lipinski definition) is 2. The normalized spacial score (nSPS) is 10.5. The summed E-state index contributed by atoms with van der Waals surface area (Å²) >= 11 is 0. The van der Waals surface area contributed by atoms with Crippen LogP contribution < -0.4 is 5.32 Å². The van der Waals surface area contributed by atoms with Crippen LogP contribution in [-0.2, 0) is 0 Å². The van der Waals surface area contributed by atoms with Gasteiger partial charge in [-0.05, 0) is 43.3 Å². The highest BCUT2D eigenvalue weighted by Gasteiger charge is 2.15. The lowest BCUT2D eigenvalue weighted by Crippen LogP contribution is -2.16. The molecule has 0 aliphatic rings. The molecule has 3 aromatic rings. The number of aryl methyl sites for hydroxylation is 1. The van der Waals surface area contributed by atoms with Crippen LogP contribution in [0.2, 0.25) is 0 Å². The van der Waals surface area contributed by atoms with E-state index in [-0.39, 0.29) is 11.1 Å². The summed E-state index contributed by atoms with van der Waals surface area (Å²) in [6.45, 7) is 1.91. The summed E-state index contributed by atoms with van der Waals surface area (Å²) < 4.78 is 0. The van der Waals surface area contributed by atoms with E-state index in [0.29, 0.717) is 5.69 Å². The topological polar surface area (TPSA) is 79.3 Å².